The van der Waals surface area contributed by atoms with Crippen molar-refractivity contribution in [3.8, 4) is 11.5 Å². The summed E-state index contributed by atoms with van der Waals surface area (Å²) in [5, 5.41) is 21.9. The number of benzene rings is 1. The summed E-state index contributed by atoms with van der Waals surface area (Å²) in [6.07, 6.45) is -4.29. The Morgan fingerprint density at radius 2 is 2.03 bits per heavy atom. The van der Waals surface area contributed by atoms with Crippen molar-refractivity contribution in [3.63, 3.8) is 0 Å². The van der Waals surface area contributed by atoms with Gasteiger partial charge in [0.25, 0.3) is 0 Å². The van der Waals surface area contributed by atoms with Gasteiger partial charge in [-0.25, -0.2) is 4.79 Å². The fourth-order valence-electron chi connectivity index (χ4n) is 3.98. The summed E-state index contributed by atoms with van der Waals surface area (Å²) >= 11 is 0. The van der Waals surface area contributed by atoms with Crippen molar-refractivity contribution < 1.29 is 42.3 Å². The average molecular weight is 428 g/mol. The van der Waals surface area contributed by atoms with Gasteiger partial charge in [0.15, 0.2) is 0 Å². The van der Waals surface area contributed by atoms with Crippen molar-refractivity contribution in [1.29, 1.82) is 0 Å². The van der Waals surface area contributed by atoms with Gasteiger partial charge in [0, 0.05) is 6.54 Å². The molecule has 4 rings (SSSR count). The van der Waals surface area contributed by atoms with E-state index in [2.05, 4.69) is 5.32 Å². The number of likely N-dealkylation sites (tertiary alicyclic amines) is 1. The molecule has 0 spiro atoms. The van der Waals surface area contributed by atoms with Gasteiger partial charge in [0.05, 0.1) is 25.0 Å². The maximum atomic E-state index is 12.8. The van der Waals surface area contributed by atoms with Crippen LogP contribution < -0.4 is 14.7 Å². The van der Waals surface area contributed by atoms with Crippen LogP contribution in [0, 0.1) is 5.92 Å². The Hall–Kier alpha value is -2.47. The number of rotatable bonds is 4. The molecule has 3 heterocycles. The summed E-state index contributed by atoms with van der Waals surface area (Å²) < 4.78 is 49.4. The third-order valence-corrected chi connectivity index (χ3v) is 5.67. The quantitative estimate of drug-likeness (QED) is 0.613. The van der Waals surface area contributed by atoms with Crippen LogP contribution >= 0.6 is 0 Å². The number of ether oxygens (including phenoxy) is 1. The molecular formula is C18H20BF3N2O6. The summed E-state index contributed by atoms with van der Waals surface area (Å²) in [6.45, 7) is 0.0112. The molecule has 2 saturated heterocycles. The SMILES string of the molecule is O=C(O)c1c(OC2CN(C(=O)[C@H]3C[C@@H](C(F)(F)F)CN3)C2)ccc2c1OB(O)CC2. The summed E-state index contributed by atoms with van der Waals surface area (Å²) in [5.74, 6) is -3.10. The Morgan fingerprint density at radius 1 is 1.30 bits per heavy atom. The van der Waals surface area contributed by atoms with Gasteiger partial charge in [-0.15, -0.1) is 0 Å². The largest absolute Gasteiger partial charge is 0.535 e. The molecule has 3 N–H and O–H groups in total. The number of nitrogens with one attached hydrogen (secondary N) is 1. The first-order valence-corrected chi connectivity index (χ1v) is 9.63. The Bertz CT molecular complexity index is 861. The van der Waals surface area contributed by atoms with Gasteiger partial charge in [-0.05, 0) is 30.8 Å². The fraction of sp³-hybridized carbons (Fsp3) is 0.556. The first kappa shape index (κ1) is 20.8. The van der Waals surface area contributed by atoms with Crippen LogP contribution in [0.4, 0.5) is 13.2 Å². The molecule has 162 valence electrons. The monoisotopic (exact) mass is 428 g/mol. The molecule has 1 aromatic rings. The molecule has 0 unspecified atom stereocenters. The fourth-order valence-corrected chi connectivity index (χ4v) is 3.98. The minimum Gasteiger partial charge on any atom is -0.535 e. The van der Waals surface area contributed by atoms with Gasteiger partial charge in [-0.1, -0.05) is 6.07 Å². The number of aryl methyl sites for hydroxylation is 1. The average Bonchev–Trinajstić information content (AvgIpc) is 3.13. The molecule has 0 bridgehead atoms. The zero-order valence-electron chi connectivity index (χ0n) is 15.8. The van der Waals surface area contributed by atoms with Crippen molar-refractivity contribution >= 4 is 19.0 Å². The number of carbonyl (C=O) groups excluding carboxylic acids is 1. The number of halogens is 3. The third-order valence-electron chi connectivity index (χ3n) is 5.67. The normalized spacial score (nSPS) is 24.1. The van der Waals surface area contributed by atoms with Crippen molar-refractivity contribution in [2.24, 2.45) is 5.92 Å². The molecule has 0 aliphatic carbocycles. The van der Waals surface area contributed by atoms with E-state index in [9.17, 15) is 32.9 Å². The van der Waals surface area contributed by atoms with Gasteiger partial charge in [0.2, 0.25) is 5.91 Å². The molecule has 1 aromatic carbocycles. The summed E-state index contributed by atoms with van der Waals surface area (Å²) in [7, 11) is -1.10. The van der Waals surface area contributed by atoms with Crippen LogP contribution in [0.2, 0.25) is 6.32 Å². The van der Waals surface area contributed by atoms with Crippen molar-refractivity contribution in [2.75, 3.05) is 19.6 Å². The lowest BCUT2D eigenvalue weighted by molar-refractivity contribution is -0.169. The van der Waals surface area contributed by atoms with E-state index in [1.165, 1.54) is 11.0 Å². The van der Waals surface area contributed by atoms with E-state index in [0.717, 1.165) is 0 Å². The Morgan fingerprint density at radius 3 is 2.67 bits per heavy atom. The minimum absolute atomic E-state index is 0.0589. The van der Waals surface area contributed by atoms with Gasteiger partial charge in [-0.3, -0.25) is 4.79 Å². The molecule has 2 atom stereocenters. The molecular weight excluding hydrogens is 408 g/mol. The molecule has 0 radical (unpaired) electrons. The van der Waals surface area contributed by atoms with Crippen LogP contribution in [-0.4, -0.2) is 72.0 Å². The van der Waals surface area contributed by atoms with Crippen LogP contribution in [0.5, 0.6) is 11.5 Å². The van der Waals surface area contributed by atoms with E-state index in [-0.39, 0.29) is 43.1 Å². The second-order valence-corrected chi connectivity index (χ2v) is 7.76. The topological polar surface area (TPSA) is 108 Å². The van der Waals surface area contributed by atoms with Crippen molar-refractivity contribution in [3.05, 3.63) is 23.3 Å². The number of carbonyl (C=O) groups is 2. The standard InChI is InChI=1S/C18H20BF3N2O6/c20-18(21,22)10-5-12(23-6-10)16(25)24-7-11(8-24)29-13-2-1-9-3-4-19(28)30-15(9)14(13)17(26)27/h1-2,10-12,23,28H,3-8H2,(H,26,27)/t10-,12-/m1/s1. The highest BCUT2D eigenvalue weighted by molar-refractivity contribution is 6.44. The maximum absolute atomic E-state index is 12.8. The third kappa shape index (κ3) is 3.93. The molecule has 12 heteroatoms. The van der Waals surface area contributed by atoms with Crippen molar-refractivity contribution in [2.45, 2.75) is 37.5 Å². The number of hydrogen-bond donors (Lipinski definition) is 3. The second-order valence-electron chi connectivity index (χ2n) is 7.76. The number of aromatic carboxylic acids is 1. The lowest BCUT2D eigenvalue weighted by Crippen LogP contribution is -2.59. The Labute approximate surface area is 170 Å². The first-order chi connectivity index (χ1) is 14.1. The predicted octanol–water partition coefficient (Wildman–Crippen LogP) is 0.930. The van der Waals surface area contributed by atoms with E-state index >= 15 is 0 Å². The van der Waals surface area contributed by atoms with Crippen LogP contribution in [0.3, 0.4) is 0 Å². The maximum Gasteiger partial charge on any atom is 0.522 e. The number of alkyl halides is 3. The van der Waals surface area contributed by atoms with E-state index < -0.39 is 43.2 Å². The van der Waals surface area contributed by atoms with E-state index in [4.69, 9.17) is 9.39 Å². The summed E-state index contributed by atoms with van der Waals surface area (Å²) in [5.41, 5.74) is 0.462. The summed E-state index contributed by atoms with van der Waals surface area (Å²) in [6, 6.07) is 2.30. The van der Waals surface area contributed by atoms with Gasteiger partial charge in [0.1, 0.15) is 23.2 Å². The second kappa shape index (κ2) is 7.66. The van der Waals surface area contributed by atoms with E-state index in [1.807, 2.05) is 0 Å². The van der Waals surface area contributed by atoms with Crippen LogP contribution in [-0.2, 0) is 11.2 Å². The van der Waals surface area contributed by atoms with E-state index in [0.29, 0.717) is 18.3 Å². The molecule has 0 aromatic heterocycles. The van der Waals surface area contributed by atoms with Crippen molar-refractivity contribution in [1.82, 2.24) is 10.2 Å². The highest BCUT2D eigenvalue weighted by atomic mass is 19.4. The zero-order valence-corrected chi connectivity index (χ0v) is 15.8. The van der Waals surface area contributed by atoms with E-state index in [1.54, 1.807) is 6.07 Å². The molecule has 0 saturated carbocycles. The number of carboxylic acids is 1. The Kier molecular flexibility index (Phi) is 5.31. The smallest absolute Gasteiger partial charge is 0.522 e. The van der Waals surface area contributed by atoms with Crippen LogP contribution in [0.25, 0.3) is 0 Å². The molecule has 2 fully saturated rings. The van der Waals surface area contributed by atoms with Gasteiger partial charge >= 0.3 is 19.3 Å². The number of hydrogen-bond acceptors (Lipinski definition) is 6. The summed E-state index contributed by atoms with van der Waals surface area (Å²) in [4.78, 5) is 25.5. The van der Waals surface area contributed by atoms with Crippen LogP contribution in [0.15, 0.2) is 12.1 Å². The van der Waals surface area contributed by atoms with Gasteiger partial charge in [-0.2, -0.15) is 13.2 Å². The lowest BCUT2D eigenvalue weighted by Gasteiger charge is -2.40. The zero-order chi connectivity index (χ0) is 21.6. The number of carboxylic acid groups (broad SMARTS) is 1. The Balaban J connectivity index is 1.38. The predicted molar refractivity (Wildman–Crippen MR) is 97.5 cm³/mol. The minimum atomic E-state index is -4.34. The number of nitrogens with zero attached hydrogens (tertiary/aromatic N) is 1. The molecule has 1 amide bonds. The molecule has 8 nitrogen and oxygen atoms in total. The molecule has 3 aliphatic heterocycles. The van der Waals surface area contributed by atoms with Gasteiger partial charge < -0.3 is 29.7 Å². The molecule has 3 aliphatic rings. The first-order valence-electron chi connectivity index (χ1n) is 9.63. The molecule has 30 heavy (non-hydrogen) atoms. The lowest BCUT2D eigenvalue weighted by atomic mass is 9.78. The highest BCUT2D eigenvalue weighted by Gasteiger charge is 2.47. The van der Waals surface area contributed by atoms with Crippen LogP contribution in [0.1, 0.15) is 22.3 Å². The number of fused-ring (bicyclic) bond motifs is 1. The number of amides is 1. The highest BCUT2D eigenvalue weighted by Crippen LogP contribution is 2.38.